The summed E-state index contributed by atoms with van der Waals surface area (Å²) in [6.07, 6.45) is 0. The Kier molecular flexibility index (Phi) is 5.28. The normalized spacial score (nSPS) is 8.80. The minimum atomic E-state index is 0. The molecule has 0 aromatic heterocycles. The monoisotopic (exact) mass is 270 g/mol. The molecule has 3 aromatic carbocycles. The van der Waals surface area contributed by atoms with E-state index in [9.17, 15) is 0 Å². The van der Waals surface area contributed by atoms with Crippen LogP contribution >= 0.6 is 0 Å². The van der Waals surface area contributed by atoms with Crippen LogP contribution in [0, 0.1) is 0 Å². The molecule has 0 amide bonds. The van der Waals surface area contributed by atoms with Gasteiger partial charge in [0.25, 0.3) is 0 Å². The van der Waals surface area contributed by atoms with Gasteiger partial charge in [0.1, 0.15) is 0 Å². The van der Waals surface area contributed by atoms with Crippen LogP contribution in [0.15, 0.2) is 72.8 Å². The van der Waals surface area contributed by atoms with Crippen molar-refractivity contribution in [3.8, 4) is 0 Å². The van der Waals surface area contributed by atoms with Gasteiger partial charge >= 0.3 is 26.2 Å². The molecule has 0 saturated heterocycles. The van der Waals surface area contributed by atoms with Gasteiger partial charge in [-0.05, 0) is 0 Å². The fourth-order valence-electron chi connectivity index (χ4n) is 1.39. The zero-order valence-corrected chi connectivity index (χ0v) is 10.9. The van der Waals surface area contributed by atoms with Crippen molar-refractivity contribution in [2.24, 2.45) is 0 Å². The van der Waals surface area contributed by atoms with E-state index in [1.165, 1.54) is 10.8 Å². The summed E-state index contributed by atoms with van der Waals surface area (Å²) in [7, 11) is 0. The second-order valence-electron chi connectivity index (χ2n) is 3.12. The standard InChI is InChI=1S/C9H7.C5H5.Zr/c1-2-5-9-7-3-6-8(9)4-1;1-2-4-5-3-1;/h1-7H;1-5H;/q2*-1;+2. The maximum absolute atomic E-state index is 2.12. The van der Waals surface area contributed by atoms with Crippen LogP contribution in [0.5, 0.6) is 0 Å². The van der Waals surface area contributed by atoms with Crippen LogP contribution in [0.25, 0.3) is 10.8 Å². The van der Waals surface area contributed by atoms with Gasteiger partial charge in [0.05, 0.1) is 0 Å². The molecule has 0 atom stereocenters. The van der Waals surface area contributed by atoms with E-state index >= 15 is 0 Å². The molecule has 0 radical (unpaired) electrons. The van der Waals surface area contributed by atoms with Gasteiger partial charge in [0.15, 0.2) is 0 Å². The molecule has 0 heterocycles. The van der Waals surface area contributed by atoms with E-state index in [1.54, 1.807) is 0 Å². The molecule has 15 heavy (non-hydrogen) atoms. The Morgan fingerprint density at radius 2 is 1.47 bits per heavy atom. The Balaban J connectivity index is 0.000000162. The van der Waals surface area contributed by atoms with E-state index in [-0.39, 0.29) is 26.2 Å². The third-order valence-electron chi connectivity index (χ3n) is 2.10. The van der Waals surface area contributed by atoms with E-state index in [1.807, 2.05) is 30.3 Å². The van der Waals surface area contributed by atoms with Gasteiger partial charge in [-0.2, -0.15) is 35.7 Å². The first-order valence-corrected chi connectivity index (χ1v) is 4.74. The van der Waals surface area contributed by atoms with Crippen LogP contribution in [-0.4, -0.2) is 0 Å². The van der Waals surface area contributed by atoms with E-state index in [0.29, 0.717) is 0 Å². The molecule has 0 unspecified atom stereocenters. The van der Waals surface area contributed by atoms with Crippen molar-refractivity contribution in [1.29, 1.82) is 0 Å². The fourth-order valence-corrected chi connectivity index (χ4v) is 1.39. The van der Waals surface area contributed by atoms with Gasteiger partial charge in [0.2, 0.25) is 0 Å². The summed E-state index contributed by atoms with van der Waals surface area (Å²) in [5, 5.41) is 2.66. The van der Waals surface area contributed by atoms with Crippen molar-refractivity contribution in [2.75, 3.05) is 0 Å². The zero-order chi connectivity index (χ0) is 9.64. The van der Waals surface area contributed by atoms with Crippen molar-refractivity contribution in [3.05, 3.63) is 72.8 Å². The Morgan fingerprint density at radius 1 is 0.733 bits per heavy atom. The maximum Gasteiger partial charge on any atom is 2.00 e. The predicted molar refractivity (Wildman–Crippen MR) is 61.6 cm³/mol. The second-order valence-corrected chi connectivity index (χ2v) is 3.12. The molecule has 0 bridgehead atoms. The molecule has 0 saturated carbocycles. The second kappa shape index (κ2) is 6.53. The van der Waals surface area contributed by atoms with Gasteiger partial charge in [-0.15, -0.1) is 29.7 Å². The van der Waals surface area contributed by atoms with Crippen molar-refractivity contribution >= 4 is 10.8 Å². The molecular formula is C14H12Zr. The molecule has 3 rings (SSSR count). The van der Waals surface area contributed by atoms with Crippen LogP contribution in [0.2, 0.25) is 0 Å². The quantitative estimate of drug-likeness (QED) is 0.543. The molecule has 0 aliphatic heterocycles. The topological polar surface area (TPSA) is 0 Å². The third kappa shape index (κ3) is 3.60. The number of hydrogen-bond donors (Lipinski definition) is 0. The average Bonchev–Trinajstić information content (AvgIpc) is 2.92. The van der Waals surface area contributed by atoms with Gasteiger partial charge in [-0.3, -0.25) is 0 Å². The molecule has 0 aliphatic rings. The summed E-state index contributed by atoms with van der Waals surface area (Å²) in [5.74, 6) is 0. The van der Waals surface area contributed by atoms with Crippen LogP contribution < -0.4 is 0 Å². The summed E-state index contributed by atoms with van der Waals surface area (Å²) in [4.78, 5) is 0. The van der Waals surface area contributed by atoms with Crippen LogP contribution in [0.4, 0.5) is 0 Å². The van der Waals surface area contributed by atoms with Crippen molar-refractivity contribution in [2.45, 2.75) is 0 Å². The molecule has 0 aliphatic carbocycles. The molecule has 1 heteroatoms. The van der Waals surface area contributed by atoms with Crippen LogP contribution in [-0.2, 0) is 26.2 Å². The van der Waals surface area contributed by atoms with Crippen LogP contribution in [0.1, 0.15) is 0 Å². The SMILES string of the molecule is [Zr+2].c1cc[cH-]c1.c1ccc2[cH-]ccc2c1. The molecule has 72 valence electrons. The minimum absolute atomic E-state index is 0. The molecule has 0 nitrogen and oxygen atoms in total. The third-order valence-corrected chi connectivity index (χ3v) is 2.10. The summed E-state index contributed by atoms with van der Waals surface area (Å²) < 4.78 is 0. The molecule has 0 fully saturated rings. The smallest absolute Gasteiger partial charge is 0.214 e. The number of benzene rings is 1. The van der Waals surface area contributed by atoms with Gasteiger partial charge in [-0.1, -0.05) is 6.07 Å². The van der Waals surface area contributed by atoms with E-state index < -0.39 is 0 Å². The van der Waals surface area contributed by atoms with E-state index in [0.717, 1.165) is 0 Å². The first-order valence-electron chi connectivity index (χ1n) is 4.74. The Bertz CT molecular complexity index is 415. The van der Waals surface area contributed by atoms with E-state index in [2.05, 4.69) is 42.5 Å². The Morgan fingerprint density at radius 3 is 2.07 bits per heavy atom. The number of hydrogen-bond acceptors (Lipinski definition) is 0. The van der Waals surface area contributed by atoms with Gasteiger partial charge in [-0.25, -0.2) is 12.1 Å². The molecule has 0 N–H and O–H groups in total. The van der Waals surface area contributed by atoms with Crippen molar-refractivity contribution in [3.63, 3.8) is 0 Å². The summed E-state index contributed by atoms with van der Waals surface area (Å²) >= 11 is 0. The number of fused-ring (bicyclic) bond motifs is 1. The van der Waals surface area contributed by atoms with Gasteiger partial charge in [0, 0.05) is 0 Å². The summed E-state index contributed by atoms with van der Waals surface area (Å²) in [6.45, 7) is 0. The zero-order valence-electron chi connectivity index (χ0n) is 8.43. The summed E-state index contributed by atoms with van der Waals surface area (Å²) in [6, 6.07) is 24.7. The first kappa shape index (κ1) is 12.1. The average molecular weight is 271 g/mol. The van der Waals surface area contributed by atoms with E-state index in [4.69, 9.17) is 0 Å². The Labute approximate surface area is 109 Å². The molecule has 0 spiro atoms. The maximum atomic E-state index is 2.12. The largest absolute Gasteiger partial charge is 2.00 e. The molecular weight excluding hydrogens is 259 g/mol. The Hall–Kier alpha value is -0.937. The number of rotatable bonds is 0. The predicted octanol–water partition coefficient (Wildman–Crippen LogP) is 3.96. The minimum Gasteiger partial charge on any atom is -0.214 e. The fraction of sp³-hybridized carbons (Fsp3) is 0. The molecule has 3 aromatic rings. The van der Waals surface area contributed by atoms with Crippen molar-refractivity contribution in [1.82, 2.24) is 0 Å². The van der Waals surface area contributed by atoms with Crippen molar-refractivity contribution < 1.29 is 26.2 Å². The van der Waals surface area contributed by atoms with Crippen LogP contribution in [0.3, 0.4) is 0 Å². The summed E-state index contributed by atoms with van der Waals surface area (Å²) in [5.41, 5.74) is 0. The first-order chi connectivity index (χ1) is 6.97. The van der Waals surface area contributed by atoms with Gasteiger partial charge < -0.3 is 0 Å².